The van der Waals surface area contributed by atoms with Gasteiger partial charge in [-0.1, -0.05) is 17.4 Å². The van der Waals surface area contributed by atoms with Crippen LogP contribution in [0.2, 0.25) is 0 Å². The lowest BCUT2D eigenvalue weighted by atomic mass is 9.75. The number of hydrogen-bond donors (Lipinski definition) is 2. The van der Waals surface area contributed by atoms with Crippen molar-refractivity contribution >= 4 is 23.1 Å². The minimum absolute atomic E-state index is 0.0404. The largest absolute Gasteiger partial charge is 0.504 e. The van der Waals surface area contributed by atoms with Crippen LogP contribution in [-0.2, 0) is 0 Å². The number of rotatable bonds is 3. The first-order valence-corrected chi connectivity index (χ1v) is 10.7. The van der Waals surface area contributed by atoms with E-state index < -0.39 is 0 Å². The zero-order chi connectivity index (χ0) is 17.1. The Morgan fingerprint density at radius 2 is 2.16 bits per heavy atom. The topological polar surface area (TPSA) is 62.3 Å². The SMILES string of the molecule is CCOc1cc([C@H]2c3sc(=O)[nH]c3S[C@@H]3[C@H]4CC[C@@H](C4)[C@H]23)ccc1O. The normalized spacial score (nSPS) is 32.4. The molecule has 1 aromatic carbocycles. The van der Waals surface area contributed by atoms with Gasteiger partial charge in [0, 0.05) is 16.0 Å². The molecule has 0 unspecified atom stereocenters. The smallest absolute Gasteiger partial charge is 0.305 e. The summed E-state index contributed by atoms with van der Waals surface area (Å²) in [5, 5.41) is 11.7. The van der Waals surface area contributed by atoms with Gasteiger partial charge in [-0.25, -0.2) is 0 Å². The molecule has 1 aliphatic heterocycles. The average Bonchev–Trinajstić information content (AvgIpc) is 3.28. The zero-order valence-corrected chi connectivity index (χ0v) is 15.7. The van der Waals surface area contributed by atoms with Gasteiger partial charge in [-0.05, 0) is 61.6 Å². The van der Waals surface area contributed by atoms with Gasteiger partial charge in [0.2, 0.25) is 0 Å². The van der Waals surface area contributed by atoms with E-state index in [1.54, 1.807) is 6.07 Å². The number of phenols is 1. The molecule has 2 bridgehead atoms. The summed E-state index contributed by atoms with van der Waals surface area (Å²) >= 11 is 3.26. The lowest BCUT2D eigenvalue weighted by Gasteiger charge is -2.40. The Labute approximate surface area is 154 Å². The van der Waals surface area contributed by atoms with Crippen molar-refractivity contribution in [2.45, 2.75) is 42.4 Å². The van der Waals surface area contributed by atoms with E-state index >= 15 is 0 Å². The highest BCUT2D eigenvalue weighted by atomic mass is 32.2. The number of benzene rings is 1. The Morgan fingerprint density at radius 3 is 3.00 bits per heavy atom. The summed E-state index contributed by atoms with van der Waals surface area (Å²) in [6.45, 7) is 2.45. The average molecular weight is 376 g/mol. The molecule has 0 saturated heterocycles. The first kappa shape index (κ1) is 15.8. The van der Waals surface area contributed by atoms with Crippen molar-refractivity contribution in [3.8, 4) is 11.5 Å². The molecule has 2 fully saturated rings. The van der Waals surface area contributed by atoms with Crippen LogP contribution < -0.4 is 9.61 Å². The second kappa shape index (κ2) is 5.81. The van der Waals surface area contributed by atoms with Gasteiger partial charge in [-0.3, -0.25) is 4.79 Å². The quantitative estimate of drug-likeness (QED) is 0.844. The van der Waals surface area contributed by atoms with Crippen molar-refractivity contribution in [2.75, 3.05) is 6.61 Å². The third-order valence-electron chi connectivity index (χ3n) is 6.11. The molecule has 2 aliphatic carbocycles. The number of aromatic nitrogens is 1. The summed E-state index contributed by atoms with van der Waals surface area (Å²) < 4.78 is 5.61. The molecule has 2 saturated carbocycles. The highest BCUT2D eigenvalue weighted by molar-refractivity contribution is 8.00. The summed E-state index contributed by atoms with van der Waals surface area (Å²) in [4.78, 5) is 16.3. The fourth-order valence-corrected chi connectivity index (χ4v) is 8.11. The van der Waals surface area contributed by atoms with Crippen LogP contribution in [0.1, 0.15) is 42.5 Å². The molecule has 6 heteroatoms. The third-order valence-corrected chi connectivity index (χ3v) is 8.73. The van der Waals surface area contributed by atoms with Crippen LogP contribution in [0.3, 0.4) is 0 Å². The summed E-state index contributed by atoms with van der Waals surface area (Å²) in [6.07, 6.45) is 3.97. The van der Waals surface area contributed by atoms with E-state index in [4.69, 9.17) is 4.74 Å². The molecule has 4 nitrogen and oxygen atoms in total. The number of H-pyrrole nitrogens is 1. The molecule has 2 N–H and O–H groups in total. The molecule has 0 amide bonds. The van der Waals surface area contributed by atoms with E-state index in [1.165, 1.54) is 41.0 Å². The monoisotopic (exact) mass is 375 g/mol. The van der Waals surface area contributed by atoms with E-state index in [0.29, 0.717) is 23.5 Å². The van der Waals surface area contributed by atoms with E-state index in [1.807, 2.05) is 30.8 Å². The summed E-state index contributed by atoms with van der Waals surface area (Å²) in [6, 6.07) is 5.73. The Kier molecular flexibility index (Phi) is 3.68. The molecule has 5 atom stereocenters. The number of ether oxygens (including phenoxy) is 1. The number of phenolic OH excluding ortho intramolecular Hbond substituents is 1. The molecular weight excluding hydrogens is 354 g/mol. The number of hydrogen-bond acceptors (Lipinski definition) is 5. The van der Waals surface area contributed by atoms with Crippen molar-refractivity contribution < 1.29 is 9.84 Å². The van der Waals surface area contributed by atoms with Crippen LogP contribution in [0.15, 0.2) is 28.0 Å². The van der Waals surface area contributed by atoms with Crippen molar-refractivity contribution in [2.24, 2.45) is 17.8 Å². The predicted molar refractivity (Wildman–Crippen MR) is 100 cm³/mol. The van der Waals surface area contributed by atoms with Gasteiger partial charge < -0.3 is 14.8 Å². The van der Waals surface area contributed by atoms with E-state index in [2.05, 4.69) is 4.98 Å². The van der Waals surface area contributed by atoms with Gasteiger partial charge >= 0.3 is 4.87 Å². The predicted octanol–water partition coefficient (Wildman–Crippen LogP) is 4.19. The molecule has 2 heterocycles. The number of thiazole rings is 1. The second-order valence-electron chi connectivity index (χ2n) is 7.34. The van der Waals surface area contributed by atoms with E-state index in [-0.39, 0.29) is 16.5 Å². The molecule has 1 aromatic heterocycles. The maximum atomic E-state index is 12.0. The number of fused-ring (bicyclic) bond motifs is 6. The van der Waals surface area contributed by atoms with Gasteiger partial charge in [0.05, 0.1) is 11.6 Å². The lowest BCUT2D eigenvalue weighted by molar-refractivity contribution is 0.302. The van der Waals surface area contributed by atoms with E-state index in [9.17, 15) is 9.90 Å². The van der Waals surface area contributed by atoms with Gasteiger partial charge in [0.1, 0.15) is 0 Å². The van der Waals surface area contributed by atoms with Crippen LogP contribution in [0.4, 0.5) is 0 Å². The van der Waals surface area contributed by atoms with Gasteiger partial charge in [-0.15, -0.1) is 11.8 Å². The van der Waals surface area contributed by atoms with Crippen molar-refractivity contribution in [3.63, 3.8) is 0 Å². The first-order chi connectivity index (χ1) is 12.2. The van der Waals surface area contributed by atoms with Crippen LogP contribution in [-0.4, -0.2) is 21.9 Å². The van der Waals surface area contributed by atoms with Gasteiger partial charge in [-0.2, -0.15) is 0 Å². The fourth-order valence-electron chi connectivity index (χ4n) is 5.22. The van der Waals surface area contributed by atoms with Crippen LogP contribution in [0.25, 0.3) is 0 Å². The number of aromatic amines is 1. The van der Waals surface area contributed by atoms with Crippen LogP contribution in [0, 0.1) is 17.8 Å². The molecule has 0 spiro atoms. The minimum Gasteiger partial charge on any atom is -0.504 e. The molecule has 3 aliphatic rings. The van der Waals surface area contributed by atoms with E-state index in [0.717, 1.165) is 16.9 Å². The summed E-state index contributed by atoms with van der Waals surface area (Å²) in [7, 11) is 0. The summed E-state index contributed by atoms with van der Waals surface area (Å²) in [5.74, 6) is 3.08. The van der Waals surface area contributed by atoms with Crippen molar-refractivity contribution in [1.82, 2.24) is 4.98 Å². The molecule has 0 radical (unpaired) electrons. The first-order valence-electron chi connectivity index (χ1n) is 9.01. The number of nitrogens with one attached hydrogen (secondary N) is 1. The fraction of sp³-hybridized carbons (Fsp3) is 0.526. The number of thioether (sulfide) groups is 1. The van der Waals surface area contributed by atoms with Crippen molar-refractivity contribution in [1.29, 1.82) is 0 Å². The zero-order valence-electron chi connectivity index (χ0n) is 14.0. The Bertz CT molecular complexity index is 874. The highest BCUT2D eigenvalue weighted by Gasteiger charge is 2.54. The van der Waals surface area contributed by atoms with Crippen LogP contribution in [0.5, 0.6) is 11.5 Å². The Hall–Kier alpha value is -1.40. The molecule has 25 heavy (non-hydrogen) atoms. The third kappa shape index (κ3) is 2.37. The molecule has 2 aromatic rings. The highest BCUT2D eigenvalue weighted by Crippen LogP contribution is 2.63. The minimum atomic E-state index is 0.0404. The maximum Gasteiger partial charge on any atom is 0.305 e. The van der Waals surface area contributed by atoms with Crippen molar-refractivity contribution in [3.05, 3.63) is 38.3 Å². The van der Waals surface area contributed by atoms with Gasteiger partial charge in [0.25, 0.3) is 0 Å². The van der Waals surface area contributed by atoms with Crippen LogP contribution >= 0.6 is 23.1 Å². The van der Waals surface area contributed by atoms with Gasteiger partial charge in [0.15, 0.2) is 11.5 Å². The molecule has 132 valence electrons. The summed E-state index contributed by atoms with van der Waals surface area (Å²) in [5.41, 5.74) is 1.17. The lowest BCUT2D eigenvalue weighted by Crippen LogP contribution is -2.33. The molecular formula is C19H21NO3S2. The molecule has 5 rings (SSSR count). The standard InChI is InChI=1S/C19H21NO3S2/c1-2-23-13-8-10(5-6-12(13)21)15-14-9-3-4-11(7-9)16(14)24-18-17(15)25-19(22)20-18/h5-6,8-9,11,14-16,21H,2-4,7H2,1H3,(H,20,22)/t9-,11-,14+,15+,16+/m0/s1. The second-order valence-corrected chi connectivity index (χ2v) is 9.54. The Morgan fingerprint density at radius 1 is 1.32 bits per heavy atom. The number of aromatic hydroxyl groups is 1. The maximum absolute atomic E-state index is 12.0. The Balaban J connectivity index is 1.65.